The Hall–Kier alpha value is -1.56. The van der Waals surface area contributed by atoms with Gasteiger partial charge in [0.2, 0.25) is 0 Å². The van der Waals surface area contributed by atoms with E-state index in [-0.39, 0.29) is 0 Å². The lowest BCUT2D eigenvalue weighted by Crippen LogP contribution is -2.59. The van der Waals surface area contributed by atoms with Gasteiger partial charge in [-0.3, -0.25) is 4.79 Å². The van der Waals surface area contributed by atoms with Crippen LogP contribution in [-0.4, -0.2) is 17.6 Å². The monoisotopic (exact) mass is 288 g/mol. The first kappa shape index (κ1) is 16.5. The number of amides is 1. The lowest BCUT2D eigenvalue weighted by molar-refractivity contribution is -0.184. The molecule has 0 bridgehead atoms. The normalized spacial score (nSPS) is 14.7. The number of hydrogen-bond acceptors (Lipinski definition) is 2. The second-order valence-electron chi connectivity index (χ2n) is 4.95. The highest BCUT2D eigenvalue weighted by Crippen LogP contribution is 2.29. The molecule has 6 heteroatoms. The molecule has 0 radical (unpaired) electrons. The first-order valence-electron chi connectivity index (χ1n) is 6.44. The standard InChI is InChI=1S/C14H19F3N2O/c1-3-4-5-10-6-8-11(9-7-10)19-12(20)13(2,18)14(15,16)17/h6-9H,3-5,18H2,1-2H3,(H,19,20). The second kappa shape index (κ2) is 6.26. The van der Waals surface area contributed by atoms with Gasteiger partial charge in [-0.25, -0.2) is 0 Å². The maximum absolute atomic E-state index is 12.6. The predicted molar refractivity (Wildman–Crippen MR) is 72.3 cm³/mol. The molecule has 1 atom stereocenters. The topological polar surface area (TPSA) is 55.1 Å². The second-order valence-corrected chi connectivity index (χ2v) is 4.95. The van der Waals surface area contributed by atoms with E-state index in [1.54, 1.807) is 24.3 Å². The van der Waals surface area contributed by atoms with Gasteiger partial charge in [0.15, 0.2) is 5.54 Å². The zero-order chi connectivity index (χ0) is 15.4. The highest BCUT2D eigenvalue weighted by molar-refractivity contribution is 5.98. The molecule has 1 unspecified atom stereocenters. The molecule has 0 spiro atoms. The summed E-state index contributed by atoms with van der Waals surface area (Å²) in [5.74, 6) is -1.27. The Kier molecular flexibility index (Phi) is 5.16. The van der Waals surface area contributed by atoms with E-state index >= 15 is 0 Å². The molecule has 0 saturated carbocycles. The minimum Gasteiger partial charge on any atom is -0.324 e. The lowest BCUT2D eigenvalue weighted by Gasteiger charge is -2.26. The van der Waals surface area contributed by atoms with Gasteiger partial charge < -0.3 is 11.1 Å². The summed E-state index contributed by atoms with van der Waals surface area (Å²) in [6, 6.07) is 6.73. The summed E-state index contributed by atoms with van der Waals surface area (Å²) in [7, 11) is 0. The van der Waals surface area contributed by atoms with Crippen LogP contribution in [0.2, 0.25) is 0 Å². The number of nitrogens with two attached hydrogens (primary N) is 1. The van der Waals surface area contributed by atoms with Crippen LogP contribution >= 0.6 is 0 Å². The fourth-order valence-corrected chi connectivity index (χ4v) is 1.53. The van der Waals surface area contributed by atoms with Gasteiger partial charge in [0.05, 0.1) is 0 Å². The summed E-state index contributed by atoms with van der Waals surface area (Å²) >= 11 is 0. The van der Waals surface area contributed by atoms with Crippen LogP contribution in [0.15, 0.2) is 24.3 Å². The molecule has 0 heterocycles. The number of carbonyl (C=O) groups excluding carboxylic acids is 1. The summed E-state index contributed by atoms with van der Waals surface area (Å²) in [5, 5.41) is 2.19. The molecule has 3 nitrogen and oxygen atoms in total. The summed E-state index contributed by atoms with van der Waals surface area (Å²) in [5.41, 5.74) is 3.52. The SMILES string of the molecule is CCCCc1ccc(NC(=O)C(C)(N)C(F)(F)F)cc1. The van der Waals surface area contributed by atoms with Crippen LogP contribution in [0.5, 0.6) is 0 Å². The van der Waals surface area contributed by atoms with Gasteiger partial charge in [-0.05, 0) is 37.5 Å². The van der Waals surface area contributed by atoms with Crippen LogP contribution in [0, 0.1) is 0 Å². The van der Waals surface area contributed by atoms with Crippen LogP contribution < -0.4 is 11.1 Å². The molecule has 1 aromatic rings. The van der Waals surface area contributed by atoms with Crippen LogP contribution in [0.1, 0.15) is 32.3 Å². The molecule has 0 aromatic heterocycles. The van der Waals surface area contributed by atoms with Gasteiger partial charge in [-0.1, -0.05) is 25.5 Å². The van der Waals surface area contributed by atoms with Crippen molar-refractivity contribution in [1.29, 1.82) is 0 Å². The zero-order valence-electron chi connectivity index (χ0n) is 11.6. The number of unbranched alkanes of at least 4 members (excludes halogenated alkanes) is 1. The van der Waals surface area contributed by atoms with E-state index < -0.39 is 17.6 Å². The fraction of sp³-hybridized carbons (Fsp3) is 0.500. The molecule has 0 fully saturated rings. The minimum atomic E-state index is -4.79. The Bertz CT molecular complexity index is 452. The number of nitrogens with one attached hydrogen (secondary N) is 1. The van der Waals surface area contributed by atoms with Crippen molar-refractivity contribution in [1.82, 2.24) is 0 Å². The van der Waals surface area contributed by atoms with Crippen molar-refractivity contribution in [2.75, 3.05) is 5.32 Å². The molecule has 1 rings (SSSR count). The van der Waals surface area contributed by atoms with Crippen molar-refractivity contribution in [2.24, 2.45) is 5.73 Å². The number of carbonyl (C=O) groups is 1. The van der Waals surface area contributed by atoms with Crippen molar-refractivity contribution in [3.63, 3.8) is 0 Å². The quantitative estimate of drug-likeness (QED) is 0.874. The average Bonchev–Trinajstić information content (AvgIpc) is 2.36. The minimum absolute atomic E-state index is 0.302. The van der Waals surface area contributed by atoms with Crippen LogP contribution in [0.3, 0.4) is 0 Å². The third kappa shape index (κ3) is 3.96. The Labute approximate surface area is 116 Å². The molecule has 0 saturated heterocycles. The fourth-order valence-electron chi connectivity index (χ4n) is 1.53. The molecule has 0 aliphatic rings. The Morgan fingerprint density at radius 1 is 1.25 bits per heavy atom. The van der Waals surface area contributed by atoms with Crippen molar-refractivity contribution in [2.45, 2.75) is 44.8 Å². The number of benzene rings is 1. The molecule has 20 heavy (non-hydrogen) atoms. The Balaban J connectivity index is 2.72. The van der Waals surface area contributed by atoms with E-state index in [4.69, 9.17) is 5.73 Å². The van der Waals surface area contributed by atoms with E-state index in [1.807, 2.05) is 0 Å². The highest BCUT2D eigenvalue weighted by Gasteiger charge is 2.53. The molecule has 1 amide bonds. The Morgan fingerprint density at radius 2 is 1.80 bits per heavy atom. The van der Waals surface area contributed by atoms with Gasteiger partial charge in [0.25, 0.3) is 5.91 Å². The summed E-state index contributed by atoms with van der Waals surface area (Å²) < 4.78 is 37.8. The van der Waals surface area contributed by atoms with Gasteiger partial charge in [-0.2, -0.15) is 13.2 Å². The van der Waals surface area contributed by atoms with Crippen LogP contribution in [-0.2, 0) is 11.2 Å². The maximum atomic E-state index is 12.6. The highest BCUT2D eigenvalue weighted by atomic mass is 19.4. The van der Waals surface area contributed by atoms with Gasteiger partial charge in [-0.15, -0.1) is 0 Å². The van der Waals surface area contributed by atoms with Crippen LogP contribution in [0.4, 0.5) is 18.9 Å². The third-order valence-corrected chi connectivity index (χ3v) is 3.09. The zero-order valence-corrected chi connectivity index (χ0v) is 11.6. The molecule has 112 valence electrons. The third-order valence-electron chi connectivity index (χ3n) is 3.09. The number of hydrogen-bond donors (Lipinski definition) is 2. The van der Waals surface area contributed by atoms with E-state index in [0.29, 0.717) is 12.6 Å². The number of halogens is 3. The molecule has 3 N–H and O–H groups in total. The average molecular weight is 288 g/mol. The van der Waals surface area contributed by atoms with Gasteiger partial charge in [0, 0.05) is 5.69 Å². The van der Waals surface area contributed by atoms with Crippen LogP contribution in [0.25, 0.3) is 0 Å². The maximum Gasteiger partial charge on any atom is 0.415 e. The first-order valence-corrected chi connectivity index (χ1v) is 6.44. The summed E-state index contributed by atoms with van der Waals surface area (Å²) in [6.07, 6.45) is -1.78. The summed E-state index contributed by atoms with van der Waals surface area (Å²) in [6.45, 7) is 2.73. The van der Waals surface area contributed by atoms with E-state index in [9.17, 15) is 18.0 Å². The first-order chi connectivity index (χ1) is 9.18. The van der Waals surface area contributed by atoms with Crippen molar-refractivity contribution in [3.05, 3.63) is 29.8 Å². The van der Waals surface area contributed by atoms with Gasteiger partial charge >= 0.3 is 6.18 Å². The number of alkyl halides is 3. The van der Waals surface area contributed by atoms with Crippen molar-refractivity contribution < 1.29 is 18.0 Å². The Morgan fingerprint density at radius 3 is 2.25 bits per heavy atom. The van der Waals surface area contributed by atoms with E-state index in [2.05, 4.69) is 12.2 Å². The molecule has 0 aliphatic carbocycles. The van der Waals surface area contributed by atoms with E-state index in [1.165, 1.54) is 0 Å². The largest absolute Gasteiger partial charge is 0.415 e. The van der Waals surface area contributed by atoms with Gasteiger partial charge in [0.1, 0.15) is 0 Å². The molecule has 0 aliphatic heterocycles. The van der Waals surface area contributed by atoms with E-state index in [0.717, 1.165) is 24.8 Å². The smallest absolute Gasteiger partial charge is 0.324 e. The van der Waals surface area contributed by atoms with Crippen molar-refractivity contribution >= 4 is 11.6 Å². The number of aryl methyl sites for hydroxylation is 1. The lowest BCUT2D eigenvalue weighted by atomic mass is 10.0. The molecular formula is C14H19F3N2O. The number of anilines is 1. The molecule has 1 aromatic carbocycles. The summed E-state index contributed by atoms with van der Waals surface area (Å²) in [4.78, 5) is 11.6. The molecular weight excluding hydrogens is 269 g/mol. The predicted octanol–water partition coefficient (Wildman–Crippen LogP) is 3.25. The number of rotatable bonds is 5. The van der Waals surface area contributed by atoms with Crippen molar-refractivity contribution in [3.8, 4) is 0 Å².